The van der Waals surface area contributed by atoms with E-state index in [1.165, 1.54) is 39.4 Å². The van der Waals surface area contributed by atoms with Crippen molar-refractivity contribution in [2.24, 2.45) is 0 Å². The van der Waals surface area contributed by atoms with E-state index in [0.717, 1.165) is 4.31 Å². The number of hydrogen-bond donors (Lipinski definition) is 1. The van der Waals surface area contributed by atoms with Crippen LogP contribution in [0.15, 0.2) is 23.1 Å². The summed E-state index contributed by atoms with van der Waals surface area (Å²) in [5.74, 6) is -0.540. The van der Waals surface area contributed by atoms with Gasteiger partial charge in [0.1, 0.15) is 16.2 Å². The lowest BCUT2D eigenvalue weighted by atomic mass is 10.2. The number of rotatable bonds is 8. The second-order valence-electron chi connectivity index (χ2n) is 7.07. The van der Waals surface area contributed by atoms with E-state index in [2.05, 4.69) is 5.32 Å². The van der Waals surface area contributed by atoms with E-state index in [-0.39, 0.29) is 29.4 Å². The van der Waals surface area contributed by atoms with Crippen molar-refractivity contribution in [2.75, 3.05) is 34.4 Å². The smallest absolute Gasteiger partial charge is 0.407 e. The molecule has 0 aliphatic heterocycles. The van der Waals surface area contributed by atoms with Crippen molar-refractivity contribution in [3.05, 3.63) is 23.8 Å². The first-order chi connectivity index (χ1) is 12.9. The molecule has 9 nitrogen and oxygen atoms in total. The number of alkyl carbamates (subject to hydrolysis) is 1. The Labute approximate surface area is 166 Å². The molecule has 10 heteroatoms. The summed E-state index contributed by atoms with van der Waals surface area (Å²) in [4.78, 5) is 23.6. The molecule has 0 aromatic heterocycles. The fourth-order valence-electron chi connectivity index (χ4n) is 2.03. The lowest BCUT2D eigenvalue weighted by Gasteiger charge is -2.19. The Kier molecular flexibility index (Phi) is 8.25. The molecule has 1 rings (SSSR count). The monoisotopic (exact) mass is 416 g/mol. The van der Waals surface area contributed by atoms with Crippen LogP contribution < -0.4 is 10.1 Å². The molecule has 1 N–H and O–H groups in total. The third kappa shape index (κ3) is 7.01. The second kappa shape index (κ2) is 9.74. The molecule has 0 heterocycles. The number of methoxy groups -OCH3 is 1. The molecule has 1 aromatic rings. The van der Waals surface area contributed by atoms with Gasteiger partial charge in [0.15, 0.2) is 0 Å². The van der Waals surface area contributed by atoms with Crippen molar-refractivity contribution in [3.63, 3.8) is 0 Å². The molecule has 0 spiro atoms. The Morgan fingerprint density at radius 3 is 2.36 bits per heavy atom. The highest BCUT2D eigenvalue weighted by Gasteiger charge is 2.24. The van der Waals surface area contributed by atoms with Gasteiger partial charge in [0.25, 0.3) is 0 Å². The molecular weight excluding hydrogens is 388 g/mol. The first kappa shape index (κ1) is 23.7. The molecule has 0 bridgehead atoms. The molecule has 158 valence electrons. The molecule has 0 radical (unpaired) electrons. The molecular formula is C18H28N2O7S. The number of sulfonamides is 1. The van der Waals surface area contributed by atoms with Gasteiger partial charge in [-0.2, -0.15) is 0 Å². The number of esters is 1. The lowest BCUT2D eigenvalue weighted by Crippen LogP contribution is -2.33. The number of carbonyl (C=O) groups is 2. The van der Waals surface area contributed by atoms with E-state index < -0.39 is 27.7 Å². The minimum Gasteiger partial charge on any atom is -0.495 e. The molecule has 28 heavy (non-hydrogen) atoms. The van der Waals surface area contributed by atoms with Crippen LogP contribution in [0.3, 0.4) is 0 Å². The fraction of sp³-hybridized carbons (Fsp3) is 0.556. The summed E-state index contributed by atoms with van der Waals surface area (Å²) in [6.07, 6.45) is -0.170. The highest BCUT2D eigenvalue weighted by molar-refractivity contribution is 7.89. The predicted octanol–water partition coefficient (Wildman–Crippen LogP) is 2.02. The average molecular weight is 416 g/mol. The molecule has 0 aliphatic carbocycles. The lowest BCUT2D eigenvalue weighted by molar-refractivity contribution is 0.0483. The molecule has 0 saturated heterocycles. The van der Waals surface area contributed by atoms with E-state index in [0.29, 0.717) is 6.42 Å². The van der Waals surface area contributed by atoms with Gasteiger partial charge in [-0.3, -0.25) is 0 Å². The third-order valence-corrected chi connectivity index (χ3v) is 5.22. The standard InChI is InChI=1S/C18H28N2O7S/c1-18(2,3)27-17(22)19-10-7-11-26-16(21)13-8-9-14(25-6)15(12-13)28(23,24)20(4)5/h8-9,12H,7,10-11H2,1-6H3,(H,19,22). The number of nitrogens with zero attached hydrogens (tertiary/aromatic N) is 1. The Morgan fingerprint density at radius 1 is 1.18 bits per heavy atom. The summed E-state index contributed by atoms with van der Waals surface area (Å²) in [5.41, 5.74) is -0.503. The Hall–Kier alpha value is -2.33. The van der Waals surface area contributed by atoms with Crippen LogP contribution in [-0.2, 0) is 19.5 Å². The van der Waals surface area contributed by atoms with E-state index in [1.54, 1.807) is 20.8 Å². The molecule has 1 amide bonds. The largest absolute Gasteiger partial charge is 0.495 e. The van der Waals surface area contributed by atoms with Gasteiger partial charge in [-0.05, 0) is 45.4 Å². The maximum atomic E-state index is 12.4. The number of hydrogen-bond acceptors (Lipinski definition) is 7. The average Bonchev–Trinajstić information content (AvgIpc) is 2.58. The van der Waals surface area contributed by atoms with Crippen molar-refractivity contribution in [2.45, 2.75) is 37.7 Å². The highest BCUT2D eigenvalue weighted by Crippen LogP contribution is 2.27. The first-order valence-electron chi connectivity index (χ1n) is 8.63. The van der Waals surface area contributed by atoms with E-state index in [4.69, 9.17) is 14.2 Å². The first-order valence-corrected chi connectivity index (χ1v) is 10.1. The summed E-state index contributed by atoms with van der Waals surface area (Å²) >= 11 is 0. The van der Waals surface area contributed by atoms with E-state index >= 15 is 0 Å². The van der Waals surface area contributed by atoms with Crippen LogP contribution in [0.2, 0.25) is 0 Å². The van der Waals surface area contributed by atoms with Crippen LogP contribution in [-0.4, -0.2) is 64.7 Å². The van der Waals surface area contributed by atoms with Gasteiger partial charge < -0.3 is 19.5 Å². The zero-order valence-electron chi connectivity index (χ0n) is 17.1. The van der Waals surface area contributed by atoms with Crippen LogP contribution in [0.5, 0.6) is 5.75 Å². The quantitative estimate of drug-likeness (QED) is 0.510. The van der Waals surface area contributed by atoms with Crippen molar-refractivity contribution in [3.8, 4) is 5.75 Å². The fourth-order valence-corrected chi connectivity index (χ4v) is 3.10. The van der Waals surface area contributed by atoms with Crippen LogP contribution in [0.25, 0.3) is 0 Å². The minimum absolute atomic E-state index is 0.0520. The van der Waals surface area contributed by atoms with Gasteiger partial charge in [0, 0.05) is 20.6 Å². The van der Waals surface area contributed by atoms with Crippen molar-refractivity contribution in [1.82, 2.24) is 9.62 Å². The van der Waals surface area contributed by atoms with Crippen molar-refractivity contribution >= 4 is 22.1 Å². The summed E-state index contributed by atoms with van der Waals surface area (Å²) in [5, 5.41) is 2.56. The maximum absolute atomic E-state index is 12.4. The summed E-state index contributed by atoms with van der Waals surface area (Å²) in [7, 11) is 0.329. The number of amides is 1. The van der Waals surface area contributed by atoms with Gasteiger partial charge >= 0.3 is 12.1 Å². The van der Waals surface area contributed by atoms with Gasteiger partial charge in [-0.15, -0.1) is 0 Å². The number of ether oxygens (including phenoxy) is 3. The van der Waals surface area contributed by atoms with Crippen LogP contribution in [0.4, 0.5) is 4.79 Å². The molecule has 0 unspecified atom stereocenters. The minimum atomic E-state index is -3.79. The van der Waals surface area contributed by atoms with Crippen LogP contribution in [0.1, 0.15) is 37.6 Å². The summed E-state index contributed by atoms with van der Waals surface area (Å²) < 4.78 is 41.1. The Morgan fingerprint density at radius 2 is 1.82 bits per heavy atom. The predicted molar refractivity (Wildman–Crippen MR) is 103 cm³/mol. The number of nitrogens with one attached hydrogen (secondary N) is 1. The van der Waals surface area contributed by atoms with Crippen molar-refractivity contribution in [1.29, 1.82) is 0 Å². The number of carbonyl (C=O) groups excluding carboxylic acids is 2. The molecule has 1 aromatic carbocycles. The van der Waals surface area contributed by atoms with E-state index in [1.807, 2.05) is 0 Å². The zero-order chi connectivity index (χ0) is 21.5. The van der Waals surface area contributed by atoms with Gasteiger partial charge in [0.2, 0.25) is 10.0 Å². The Bertz CT molecular complexity index is 799. The van der Waals surface area contributed by atoms with Gasteiger partial charge in [-0.25, -0.2) is 22.3 Å². The summed E-state index contributed by atoms with van der Waals surface area (Å²) in [6.45, 7) is 5.59. The van der Waals surface area contributed by atoms with Crippen LogP contribution >= 0.6 is 0 Å². The molecule has 0 fully saturated rings. The maximum Gasteiger partial charge on any atom is 0.407 e. The molecule has 0 saturated carbocycles. The van der Waals surface area contributed by atoms with Gasteiger partial charge in [0.05, 0.1) is 19.3 Å². The highest BCUT2D eigenvalue weighted by atomic mass is 32.2. The van der Waals surface area contributed by atoms with E-state index in [9.17, 15) is 18.0 Å². The second-order valence-corrected chi connectivity index (χ2v) is 9.19. The van der Waals surface area contributed by atoms with Crippen molar-refractivity contribution < 1.29 is 32.2 Å². The van der Waals surface area contributed by atoms with Crippen LogP contribution in [0, 0.1) is 0 Å². The molecule has 0 atom stereocenters. The molecule has 0 aliphatic rings. The normalized spacial score (nSPS) is 11.8. The SMILES string of the molecule is COc1ccc(C(=O)OCCCNC(=O)OC(C)(C)C)cc1S(=O)(=O)N(C)C. The third-order valence-electron chi connectivity index (χ3n) is 3.38. The Balaban J connectivity index is 2.65. The summed E-state index contributed by atoms with van der Waals surface area (Å²) in [6, 6.07) is 4.04. The zero-order valence-corrected chi connectivity index (χ0v) is 17.9. The van der Waals surface area contributed by atoms with Gasteiger partial charge in [-0.1, -0.05) is 0 Å². The topological polar surface area (TPSA) is 111 Å². The number of benzene rings is 1.